The van der Waals surface area contributed by atoms with Crippen molar-refractivity contribution >= 4 is 21.8 Å². The molecule has 1 aromatic heterocycles. The monoisotopic (exact) mass is 338 g/mol. The molecule has 0 aliphatic rings. The molecule has 1 heterocycles. The summed E-state index contributed by atoms with van der Waals surface area (Å²) in [6, 6.07) is 7.11. The summed E-state index contributed by atoms with van der Waals surface area (Å²) in [6.07, 6.45) is 0. The van der Waals surface area contributed by atoms with Crippen LogP contribution in [0.1, 0.15) is 27.4 Å². The molecule has 20 heavy (non-hydrogen) atoms. The molecule has 0 spiro atoms. The highest BCUT2D eigenvalue weighted by Gasteiger charge is 2.10. The smallest absolute Gasteiger partial charge is 0.300 e. The van der Waals surface area contributed by atoms with E-state index in [9.17, 15) is 4.79 Å². The third-order valence-electron chi connectivity index (χ3n) is 2.81. The lowest BCUT2D eigenvalue weighted by Gasteiger charge is -2.09. The molecule has 0 saturated carbocycles. The zero-order valence-corrected chi connectivity index (χ0v) is 12.8. The van der Waals surface area contributed by atoms with E-state index in [1.807, 2.05) is 31.4 Å². The topological polar surface area (TPSA) is 77.5 Å². The van der Waals surface area contributed by atoms with Crippen LogP contribution in [0.3, 0.4) is 0 Å². The molecule has 2 rings (SSSR count). The number of halogens is 1. The molecule has 0 bridgehead atoms. The predicted octanol–water partition coefficient (Wildman–Crippen LogP) is 2.84. The fourth-order valence-corrected chi connectivity index (χ4v) is 2.02. The van der Waals surface area contributed by atoms with E-state index in [1.165, 1.54) is 0 Å². The molecule has 2 aromatic rings. The Kier molecular flexibility index (Phi) is 4.46. The SMILES string of the molecule is Cc1cc(OCc2ccc(C(=O)NN)o2)cc(C)c1Br. The van der Waals surface area contributed by atoms with Crippen molar-refractivity contribution in [3.05, 3.63) is 51.4 Å². The summed E-state index contributed by atoms with van der Waals surface area (Å²) in [6.45, 7) is 4.25. The van der Waals surface area contributed by atoms with Gasteiger partial charge in [-0.2, -0.15) is 0 Å². The number of nitrogens with one attached hydrogen (secondary N) is 1. The number of hydrogen-bond donors (Lipinski definition) is 2. The van der Waals surface area contributed by atoms with Gasteiger partial charge in [0.05, 0.1) is 0 Å². The number of ether oxygens (including phenoxy) is 1. The van der Waals surface area contributed by atoms with Gasteiger partial charge in [-0.15, -0.1) is 0 Å². The van der Waals surface area contributed by atoms with Crippen molar-refractivity contribution in [2.45, 2.75) is 20.5 Å². The van der Waals surface area contributed by atoms with Crippen molar-refractivity contribution in [1.29, 1.82) is 0 Å². The van der Waals surface area contributed by atoms with E-state index in [-0.39, 0.29) is 12.4 Å². The highest BCUT2D eigenvalue weighted by molar-refractivity contribution is 9.10. The second-order valence-corrected chi connectivity index (χ2v) is 5.19. The summed E-state index contributed by atoms with van der Waals surface area (Å²) < 4.78 is 12.0. The van der Waals surface area contributed by atoms with E-state index < -0.39 is 5.91 Å². The Morgan fingerprint density at radius 3 is 2.60 bits per heavy atom. The number of nitrogen functional groups attached to an aromatic ring is 1. The second kappa shape index (κ2) is 6.11. The number of carbonyl (C=O) groups is 1. The maximum absolute atomic E-state index is 11.3. The Labute approximate surface area is 125 Å². The molecule has 0 saturated heterocycles. The maximum atomic E-state index is 11.3. The van der Waals surface area contributed by atoms with Gasteiger partial charge in [0.1, 0.15) is 18.1 Å². The molecule has 0 fully saturated rings. The van der Waals surface area contributed by atoms with E-state index in [4.69, 9.17) is 15.0 Å². The number of rotatable bonds is 4. The Hall–Kier alpha value is -1.79. The molecule has 0 aliphatic heterocycles. The minimum atomic E-state index is -0.466. The Balaban J connectivity index is 2.05. The van der Waals surface area contributed by atoms with Gasteiger partial charge in [-0.25, -0.2) is 5.84 Å². The van der Waals surface area contributed by atoms with Crippen molar-refractivity contribution in [3.8, 4) is 5.75 Å². The first kappa shape index (κ1) is 14.6. The lowest BCUT2D eigenvalue weighted by molar-refractivity contribution is 0.0922. The summed E-state index contributed by atoms with van der Waals surface area (Å²) in [5.74, 6) is 6.04. The number of benzene rings is 1. The molecule has 1 amide bonds. The molecule has 106 valence electrons. The molecular formula is C14H15BrN2O3. The quantitative estimate of drug-likeness (QED) is 0.510. The van der Waals surface area contributed by atoms with Crippen LogP contribution in [-0.2, 0) is 6.61 Å². The van der Waals surface area contributed by atoms with E-state index in [1.54, 1.807) is 12.1 Å². The summed E-state index contributed by atoms with van der Waals surface area (Å²) in [4.78, 5) is 11.3. The van der Waals surface area contributed by atoms with Gasteiger partial charge in [0, 0.05) is 4.47 Å². The largest absolute Gasteiger partial charge is 0.486 e. The van der Waals surface area contributed by atoms with Gasteiger partial charge in [0.25, 0.3) is 0 Å². The van der Waals surface area contributed by atoms with Gasteiger partial charge >= 0.3 is 5.91 Å². The molecule has 0 radical (unpaired) electrons. The predicted molar refractivity (Wildman–Crippen MR) is 78.3 cm³/mol. The van der Waals surface area contributed by atoms with Crippen LogP contribution < -0.4 is 16.0 Å². The molecule has 0 aliphatic carbocycles. The Morgan fingerprint density at radius 2 is 2.00 bits per heavy atom. The Bertz CT molecular complexity index is 614. The van der Waals surface area contributed by atoms with Crippen molar-refractivity contribution in [1.82, 2.24) is 5.43 Å². The van der Waals surface area contributed by atoms with Gasteiger partial charge in [0.2, 0.25) is 0 Å². The van der Waals surface area contributed by atoms with Crippen LogP contribution in [0.15, 0.2) is 33.2 Å². The first-order chi connectivity index (χ1) is 9.51. The van der Waals surface area contributed by atoms with Gasteiger partial charge in [-0.05, 0) is 49.2 Å². The molecule has 1 aromatic carbocycles. The summed E-state index contributed by atoms with van der Waals surface area (Å²) in [7, 11) is 0. The average Bonchev–Trinajstić information content (AvgIpc) is 2.90. The highest BCUT2D eigenvalue weighted by Crippen LogP contribution is 2.26. The molecule has 0 atom stereocenters. The lowest BCUT2D eigenvalue weighted by Crippen LogP contribution is -2.29. The lowest BCUT2D eigenvalue weighted by atomic mass is 10.1. The Morgan fingerprint density at radius 1 is 1.35 bits per heavy atom. The van der Waals surface area contributed by atoms with E-state index in [0.29, 0.717) is 5.76 Å². The average molecular weight is 339 g/mol. The number of nitrogens with two attached hydrogens (primary N) is 1. The van der Waals surface area contributed by atoms with Crippen LogP contribution in [0.5, 0.6) is 5.75 Å². The minimum Gasteiger partial charge on any atom is -0.486 e. The van der Waals surface area contributed by atoms with E-state index >= 15 is 0 Å². The van der Waals surface area contributed by atoms with Crippen LogP contribution in [0.25, 0.3) is 0 Å². The zero-order valence-electron chi connectivity index (χ0n) is 11.2. The first-order valence-electron chi connectivity index (χ1n) is 6.00. The van der Waals surface area contributed by atoms with Crippen LogP contribution in [0.4, 0.5) is 0 Å². The summed E-state index contributed by atoms with van der Waals surface area (Å²) in [5, 5.41) is 0. The van der Waals surface area contributed by atoms with Crippen LogP contribution in [-0.4, -0.2) is 5.91 Å². The first-order valence-corrected chi connectivity index (χ1v) is 6.79. The zero-order chi connectivity index (χ0) is 14.7. The highest BCUT2D eigenvalue weighted by atomic mass is 79.9. The standard InChI is InChI=1S/C14H15BrN2O3/c1-8-5-11(6-9(2)13(8)15)19-7-10-3-4-12(20-10)14(18)17-16/h3-6H,7,16H2,1-2H3,(H,17,18). The van der Waals surface area contributed by atoms with Crippen molar-refractivity contribution in [2.75, 3.05) is 0 Å². The van der Waals surface area contributed by atoms with Gasteiger partial charge in [-0.1, -0.05) is 15.9 Å². The van der Waals surface area contributed by atoms with Crippen LogP contribution in [0, 0.1) is 13.8 Å². The van der Waals surface area contributed by atoms with E-state index in [0.717, 1.165) is 21.3 Å². The van der Waals surface area contributed by atoms with Gasteiger partial charge in [-0.3, -0.25) is 10.2 Å². The van der Waals surface area contributed by atoms with Crippen LogP contribution >= 0.6 is 15.9 Å². The van der Waals surface area contributed by atoms with Crippen molar-refractivity contribution < 1.29 is 13.9 Å². The molecule has 3 N–H and O–H groups in total. The number of hydrogen-bond acceptors (Lipinski definition) is 4. The number of aryl methyl sites for hydroxylation is 2. The molecular weight excluding hydrogens is 324 g/mol. The normalized spacial score (nSPS) is 10.4. The van der Waals surface area contributed by atoms with Crippen LogP contribution in [0.2, 0.25) is 0 Å². The number of hydrazine groups is 1. The number of amides is 1. The van der Waals surface area contributed by atoms with Gasteiger partial charge < -0.3 is 9.15 Å². The maximum Gasteiger partial charge on any atom is 0.300 e. The molecule has 5 nitrogen and oxygen atoms in total. The minimum absolute atomic E-state index is 0.161. The fraction of sp³-hybridized carbons (Fsp3) is 0.214. The van der Waals surface area contributed by atoms with Crippen molar-refractivity contribution in [2.24, 2.45) is 5.84 Å². The third-order valence-corrected chi connectivity index (χ3v) is 4.06. The molecule has 6 heteroatoms. The summed E-state index contributed by atoms with van der Waals surface area (Å²) in [5.41, 5.74) is 4.21. The number of furan rings is 1. The fourth-order valence-electron chi connectivity index (χ4n) is 1.79. The van der Waals surface area contributed by atoms with Gasteiger partial charge in [0.15, 0.2) is 5.76 Å². The third kappa shape index (κ3) is 3.20. The summed E-state index contributed by atoms with van der Waals surface area (Å²) >= 11 is 3.51. The van der Waals surface area contributed by atoms with Crippen molar-refractivity contribution in [3.63, 3.8) is 0 Å². The molecule has 0 unspecified atom stereocenters. The number of carbonyl (C=O) groups excluding carboxylic acids is 1. The van der Waals surface area contributed by atoms with E-state index in [2.05, 4.69) is 15.9 Å². The second-order valence-electron chi connectivity index (χ2n) is 4.40.